The second kappa shape index (κ2) is 10.5. The fourth-order valence-electron chi connectivity index (χ4n) is 2.93. The van der Waals surface area contributed by atoms with E-state index in [-0.39, 0.29) is 12.6 Å². The molecule has 0 spiro atoms. The fraction of sp³-hybridized carbons (Fsp3) is 0.550. The molecule has 0 unspecified atom stereocenters. The molecule has 2 N–H and O–H groups in total. The molecule has 148 valence electrons. The molecule has 7 heteroatoms. The van der Waals surface area contributed by atoms with Gasteiger partial charge in [-0.05, 0) is 43.9 Å². The van der Waals surface area contributed by atoms with Gasteiger partial charge in [0.25, 0.3) is 5.91 Å². The molecule has 7 nitrogen and oxygen atoms in total. The second-order valence-electron chi connectivity index (χ2n) is 6.72. The number of benzene rings is 1. The minimum atomic E-state index is -1.08. The van der Waals surface area contributed by atoms with Gasteiger partial charge in [0, 0.05) is 6.04 Å². The number of hydrogen-bond donors (Lipinski definition) is 2. The van der Waals surface area contributed by atoms with Crippen molar-refractivity contribution in [3.05, 3.63) is 29.8 Å². The minimum Gasteiger partial charge on any atom is -0.482 e. The summed E-state index contributed by atoms with van der Waals surface area (Å²) in [7, 11) is 0. The Morgan fingerprint density at radius 1 is 1.11 bits per heavy atom. The SMILES string of the molecule is CCc1ccc(OCC(=O)O[C@H](C)C(=O)NC(=O)NC2CCCCC2)cc1. The number of nitrogens with one attached hydrogen (secondary N) is 2. The lowest BCUT2D eigenvalue weighted by atomic mass is 9.96. The fourth-order valence-corrected chi connectivity index (χ4v) is 2.93. The Bertz CT molecular complexity index is 638. The van der Waals surface area contributed by atoms with Crippen LogP contribution in [0.1, 0.15) is 51.5 Å². The van der Waals surface area contributed by atoms with Crippen molar-refractivity contribution in [2.45, 2.75) is 64.5 Å². The standard InChI is InChI=1S/C20H28N2O5/c1-3-15-9-11-17(12-10-15)26-13-18(23)27-14(2)19(24)22-20(25)21-16-7-5-4-6-8-16/h9-12,14,16H,3-8,13H2,1-2H3,(H2,21,22,24,25)/t14-/m1/s1. The normalized spacial score (nSPS) is 15.5. The van der Waals surface area contributed by atoms with E-state index in [2.05, 4.69) is 17.6 Å². The topological polar surface area (TPSA) is 93.7 Å². The number of aryl methyl sites for hydroxylation is 1. The molecule has 3 amide bonds. The van der Waals surface area contributed by atoms with Gasteiger partial charge < -0.3 is 14.8 Å². The van der Waals surface area contributed by atoms with E-state index in [0.717, 1.165) is 32.1 Å². The van der Waals surface area contributed by atoms with Crippen LogP contribution in [-0.2, 0) is 20.7 Å². The van der Waals surface area contributed by atoms with E-state index in [0.29, 0.717) is 5.75 Å². The summed E-state index contributed by atoms with van der Waals surface area (Å²) in [5.41, 5.74) is 1.17. The third-order valence-electron chi connectivity index (χ3n) is 4.54. The molecule has 1 atom stereocenters. The van der Waals surface area contributed by atoms with Crippen LogP contribution < -0.4 is 15.4 Å². The van der Waals surface area contributed by atoms with Gasteiger partial charge in [0.15, 0.2) is 12.7 Å². The molecule has 1 aliphatic rings. The Hall–Kier alpha value is -2.57. The van der Waals surface area contributed by atoms with Crippen LogP contribution in [0.2, 0.25) is 0 Å². The van der Waals surface area contributed by atoms with E-state index in [1.54, 1.807) is 12.1 Å². The molecule has 0 radical (unpaired) electrons. The first-order chi connectivity index (χ1) is 13.0. The number of urea groups is 1. The molecule has 0 saturated heterocycles. The Kier molecular flexibility index (Phi) is 8.10. The molecule has 1 aromatic carbocycles. The summed E-state index contributed by atoms with van der Waals surface area (Å²) in [5.74, 6) is -0.790. The number of esters is 1. The smallest absolute Gasteiger partial charge is 0.344 e. The molecule has 0 heterocycles. The maximum Gasteiger partial charge on any atom is 0.344 e. The van der Waals surface area contributed by atoms with Gasteiger partial charge in [0.05, 0.1) is 0 Å². The first kappa shape index (κ1) is 20.7. The van der Waals surface area contributed by atoms with Crippen LogP contribution in [0.15, 0.2) is 24.3 Å². The summed E-state index contributed by atoms with van der Waals surface area (Å²) in [4.78, 5) is 35.7. The molecule has 0 aromatic heterocycles. The lowest BCUT2D eigenvalue weighted by molar-refractivity contribution is -0.156. The number of carbonyl (C=O) groups is 3. The summed E-state index contributed by atoms with van der Waals surface area (Å²) in [5, 5.41) is 4.99. The van der Waals surface area contributed by atoms with Crippen molar-refractivity contribution >= 4 is 17.9 Å². The monoisotopic (exact) mass is 376 g/mol. The van der Waals surface area contributed by atoms with Crippen molar-refractivity contribution in [2.24, 2.45) is 0 Å². The third-order valence-corrected chi connectivity index (χ3v) is 4.54. The molecule has 0 aliphatic heterocycles. The molecular weight excluding hydrogens is 348 g/mol. The molecule has 2 rings (SSSR count). The Balaban J connectivity index is 1.69. The van der Waals surface area contributed by atoms with Crippen LogP contribution in [0, 0.1) is 0 Å². The lowest BCUT2D eigenvalue weighted by Gasteiger charge is -2.23. The number of imide groups is 1. The van der Waals surface area contributed by atoms with E-state index < -0.39 is 24.0 Å². The van der Waals surface area contributed by atoms with Crippen LogP contribution in [-0.4, -0.2) is 36.7 Å². The molecule has 27 heavy (non-hydrogen) atoms. The zero-order chi connectivity index (χ0) is 19.6. The van der Waals surface area contributed by atoms with Gasteiger partial charge in [-0.3, -0.25) is 10.1 Å². The number of ether oxygens (including phenoxy) is 2. The summed E-state index contributed by atoms with van der Waals surface area (Å²) in [6.45, 7) is 3.16. The van der Waals surface area contributed by atoms with Gasteiger partial charge in [0.1, 0.15) is 5.75 Å². The highest BCUT2D eigenvalue weighted by atomic mass is 16.6. The van der Waals surface area contributed by atoms with E-state index in [1.807, 2.05) is 12.1 Å². The molecular formula is C20H28N2O5. The van der Waals surface area contributed by atoms with Crippen LogP contribution in [0.25, 0.3) is 0 Å². The predicted molar refractivity (Wildman–Crippen MR) is 100 cm³/mol. The quantitative estimate of drug-likeness (QED) is 0.714. The van der Waals surface area contributed by atoms with E-state index >= 15 is 0 Å². The number of rotatable bonds is 7. The highest BCUT2D eigenvalue weighted by Crippen LogP contribution is 2.17. The largest absolute Gasteiger partial charge is 0.482 e. The first-order valence-electron chi connectivity index (χ1n) is 9.50. The second-order valence-corrected chi connectivity index (χ2v) is 6.72. The average molecular weight is 376 g/mol. The molecule has 1 aromatic rings. The highest BCUT2D eigenvalue weighted by Gasteiger charge is 2.22. The Morgan fingerprint density at radius 2 is 1.78 bits per heavy atom. The summed E-state index contributed by atoms with van der Waals surface area (Å²) in [6, 6.07) is 6.93. The zero-order valence-corrected chi connectivity index (χ0v) is 16.0. The van der Waals surface area contributed by atoms with Crippen molar-refractivity contribution < 1.29 is 23.9 Å². The van der Waals surface area contributed by atoms with Crippen molar-refractivity contribution in [3.63, 3.8) is 0 Å². The third kappa shape index (κ3) is 7.29. The van der Waals surface area contributed by atoms with Crippen LogP contribution >= 0.6 is 0 Å². The van der Waals surface area contributed by atoms with Crippen LogP contribution in [0.5, 0.6) is 5.75 Å². The number of carbonyl (C=O) groups excluding carboxylic acids is 3. The summed E-state index contributed by atoms with van der Waals surface area (Å²) >= 11 is 0. The van der Waals surface area contributed by atoms with Crippen molar-refractivity contribution in [2.75, 3.05) is 6.61 Å². The van der Waals surface area contributed by atoms with Crippen molar-refractivity contribution in [3.8, 4) is 5.75 Å². The summed E-state index contributed by atoms with van der Waals surface area (Å²) < 4.78 is 10.4. The molecule has 1 saturated carbocycles. The van der Waals surface area contributed by atoms with Gasteiger partial charge in [-0.1, -0.05) is 38.3 Å². The Labute approximate surface area is 159 Å². The molecule has 0 bridgehead atoms. The number of amides is 3. The van der Waals surface area contributed by atoms with Crippen LogP contribution in [0.4, 0.5) is 4.79 Å². The molecule has 1 fully saturated rings. The van der Waals surface area contributed by atoms with Crippen LogP contribution in [0.3, 0.4) is 0 Å². The lowest BCUT2D eigenvalue weighted by Crippen LogP contribution is -2.48. The first-order valence-corrected chi connectivity index (χ1v) is 9.50. The summed E-state index contributed by atoms with van der Waals surface area (Å²) in [6.07, 6.45) is 5.01. The maximum atomic E-state index is 12.0. The maximum absolute atomic E-state index is 12.0. The Morgan fingerprint density at radius 3 is 2.41 bits per heavy atom. The van der Waals surface area contributed by atoms with E-state index in [4.69, 9.17) is 9.47 Å². The van der Waals surface area contributed by atoms with Gasteiger partial charge >= 0.3 is 12.0 Å². The average Bonchev–Trinajstić information content (AvgIpc) is 2.67. The van der Waals surface area contributed by atoms with Gasteiger partial charge in [-0.15, -0.1) is 0 Å². The van der Waals surface area contributed by atoms with E-state index in [1.165, 1.54) is 18.9 Å². The van der Waals surface area contributed by atoms with Gasteiger partial charge in [0.2, 0.25) is 0 Å². The van der Waals surface area contributed by atoms with E-state index in [9.17, 15) is 14.4 Å². The minimum absolute atomic E-state index is 0.0944. The predicted octanol–water partition coefficient (Wildman–Crippen LogP) is 2.72. The number of hydrogen-bond acceptors (Lipinski definition) is 5. The highest BCUT2D eigenvalue weighted by molar-refractivity contribution is 5.97. The van der Waals surface area contributed by atoms with Gasteiger partial charge in [-0.2, -0.15) is 0 Å². The van der Waals surface area contributed by atoms with Gasteiger partial charge in [-0.25, -0.2) is 9.59 Å². The zero-order valence-electron chi connectivity index (χ0n) is 16.0. The van der Waals surface area contributed by atoms with Crippen molar-refractivity contribution in [1.29, 1.82) is 0 Å². The van der Waals surface area contributed by atoms with Crippen molar-refractivity contribution in [1.82, 2.24) is 10.6 Å². The molecule has 1 aliphatic carbocycles.